The second-order valence-electron chi connectivity index (χ2n) is 5.21. The molecule has 1 N–H and O–H groups in total. The van der Waals surface area contributed by atoms with E-state index in [0.29, 0.717) is 0 Å². The van der Waals surface area contributed by atoms with Gasteiger partial charge in [0.2, 0.25) is 0 Å². The molecule has 0 saturated heterocycles. The van der Waals surface area contributed by atoms with Gasteiger partial charge in [0.1, 0.15) is 12.4 Å². The standard InChI is InChI=1S/C15H21NO/c1-2-4-13-11-15(8-5-12(13)3-1)17-10-9-16-14-6-7-14/h5,8,11,14,16H,1-4,6-7,9-10H2. The van der Waals surface area contributed by atoms with Crippen molar-refractivity contribution < 1.29 is 4.74 Å². The molecule has 0 aliphatic heterocycles. The van der Waals surface area contributed by atoms with Crippen LogP contribution < -0.4 is 10.1 Å². The van der Waals surface area contributed by atoms with Crippen molar-refractivity contribution in [2.45, 2.75) is 44.6 Å². The van der Waals surface area contributed by atoms with Crippen molar-refractivity contribution in [2.75, 3.05) is 13.2 Å². The van der Waals surface area contributed by atoms with Crippen LogP contribution in [0.2, 0.25) is 0 Å². The average molecular weight is 231 g/mol. The van der Waals surface area contributed by atoms with Crippen LogP contribution in [0.5, 0.6) is 5.75 Å². The minimum Gasteiger partial charge on any atom is -0.492 e. The summed E-state index contributed by atoms with van der Waals surface area (Å²) in [5.74, 6) is 1.04. The number of rotatable bonds is 5. The second kappa shape index (κ2) is 5.09. The number of nitrogens with one attached hydrogen (secondary N) is 1. The molecular formula is C15H21NO. The van der Waals surface area contributed by atoms with Gasteiger partial charge in [-0.05, 0) is 61.8 Å². The highest BCUT2D eigenvalue weighted by molar-refractivity contribution is 5.37. The van der Waals surface area contributed by atoms with Gasteiger partial charge in [-0.2, -0.15) is 0 Å². The summed E-state index contributed by atoms with van der Waals surface area (Å²) in [6, 6.07) is 7.40. The molecule has 2 aliphatic rings. The minimum absolute atomic E-state index is 0.780. The summed E-state index contributed by atoms with van der Waals surface area (Å²) in [6.07, 6.45) is 7.85. The highest BCUT2D eigenvalue weighted by Gasteiger charge is 2.19. The summed E-state index contributed by atoms with van der Waals surface area (Å²) in [4.78, 5) is 0. The molecule has 0 amide bonds. The van der Waals surface area contributed by atoms with Crippen LogP contribution in [0.15, 0.2) is 18.2 Å². The molecule has 3 rings (SSSR count). The van der Waals surface area contributed by atoms with E-state index < -0.39 is 0 Å². The van der Waals surface area contributed by atoms with Crippen LogP contribution in [-0.2, 0) is 12.8 Å². The Morgan fingerprint density at radius 1 is 1.12 bits per heavy atom. The smallest absolute Gasteiger partial charge is 0.119 e. The van der Waals surface area contributed by atoms with Crippen LogP contribution in [0.3, 0.4) is 0 Å². The molecule has 0 atom stereocenters. The zero-order chi connectivity index (χ0) is 11.5. The molecule has 0 radical (unpaired) electrons. The normalized spacial score (nSPS) is 18.8. The van der Waals surface area contributed by atoms with Crippen molar-refractivity contribution in [1.82, 2.24) is 5.32 Å². The van der Waals surface area contributed by atoms with E-state index in [0.717, 1.165) is 24.9 Å². The SMILES string of the molecule is c1cc2c(cc1OCCNC1CC1)CCCC2. The zero-order valence-electron chi connectivity index (χ0n) is 10.4. The molecule has 0 spiro atoms. The molecule has 0 aromatic heterocycles. The Hall–Kier alpha value is -1.02. The molecule has 0 unspecified atom stereocenters. The van der Waals surface area contributed by atoms with Gasteiger partial charge < -0.3 is 10.1 Å². The molecule has 17 heavy (non-hydrogen) atoms. The Balaban J connectivity index is 1.51. The number of ether oxygens (including phenoxy) is 1. The third-order valence-electron chi connectivity index (χ3n) is 3.70. The number of benzene rings is 1. The van der Waals surface area contributed by atoms with Crippen LogP contribution in [0.1, 0.15) is 36.8 Å². The summed E-state index contributed by atoms with van der Waals surface area (Å²) in [6.45, 7) is 1.76. The minimum atomic E-state index is 0.780. The van der Waals surface area contributed by atoms with Gasteiger partial charge in [0.05, 0.1) is 0 Å². The Morgan fingerprint density at radius 2 is 1.94 bits per heavy atom. The van der Waals surface area contributed by atoms with E-state index in [-0.39, 0.29) is 0 Å². The van der Waals surface area contributed by atoms with Gasteiger partial charge in [-0.3, -0.25) is 0 Å². The molecule has 92 valence electrons. The lowest BCUT2D eigenvalue weighted by atomic mass is 9.92. The maximum Gasteiger partial charge on any atom is 0.119 e. The van der Waals surface area contributed by atoms with E-state index in [2.05, 4.69) is 23.5 Å². The van der Waals surface area contributed by atoms with Crippen molar-refractivity contribution in [3.8, 4) is 5.75 Å². The molecule has 2 nitrogen and oxygen atoms in total. The fourth-order valence-electron chi connectivity index (χ4n) is 2.52. The summed E-state index contributed by atoms with van der Waals surface area (Å²) in [5, 5.41) is 3.46. The largest absolute Gasteiger partial charge is 0.492 e. The molecule has 0 bridgehead atoms. The quantitative estimate of drug-likeness (QED) is 0.787. The summed E-state index contributed by atoms with van der Waals surface area (Å²) >= 11 is 0. The van der Waals surface area contributed by atoms with Crippen LogP contribution in [0.4, 0.5) is 0 Å². The van der Waals surface area contributed by atoms with E-state index >= 15 is 0 Å². The van der Waals surface area contributed by atoms with Crippen molar-refractivity contribution in [3.63, 3.8) is 0 Å². The van der Waals surface area contributed by atoms with Crippen LogP contribution in [0.25, 0.3) is 0 Å². The Kier molecular flexibility index (Phi) is 3.32. The predicted octanol–water partition coefficient (Wildman–Crippen LogP) is 2.70. The van der Waals surface area contributed by atoms with Gasteiger partial charge in [-0.15, -0.1) is 0 Å². The summed E-state index contributed by atoms with van der Waals surface area (Å²) in [5.41, 5.74) is 3.03. The molecule has 1 aromatic rings. The highest BCUT2D eigenvalue weighted by atomic mass is 16.5. The lowest BCUT2D eigenvalue weighted by Crippen LogP contribution is -2.22. The van der Waals surface area contributed by atoms with Crippen molar-refractivity contribution in [2.24, 2.45) is 0 Å². The lowest BCUT2D eigenvalue weighted by Gasteiger charge is -2.16. The molecule has 2 heteroatoms. The zero-order valence-corrected chi connectivity index (χ0v) is 10.4. The van der Waals surface area contributed by atoms with E-state index in [1.807, 2.05) is 0 Å². The number of aryl methyl sites for hydroxylation is 2. The summed E-state index contributed by atoms with van der Waals surface area (Å²) < 4.78 is 5.79. The average Bonchev–Trinajstić information content (AvgIpc) is 3.18. The Morgan fingerprint density at radius 3 is 2.76 bits per heavy atom. The van der Waals surface area contributed by atoms with Crippen LogP contribution in [-0.4, -0.2) is 19.2 Å². The molecule has 2 aliphatic carbocycles. The van der Waals surface area contributed by atoms with E-state index in [1.165, 1.54) is 49.7 Å². The highest BCUT2D eigenvalue weighted by Crippen LogP contribution is 2.25. The third-order valence-corrected chi connectivity index (χ3v) is 3.70. The van der Waals surface area contributed by atoms with E-state index in [9.17, 15) is 0 Å². The number of hydrogen-bond donors (Lipinski definition) is 1. The second-order valence-corrected chi connectivity index (χ2v) is 5.21. The molecular weight excluding hydrogens is 210 g/mol. The first kappa shape index (κ1) is 11.1. The predicted molar refractivity (Wildman–Crippen MR) is 69.6 cm³/mol. The maximum absolute atomic E-state index is 5.79. The molecule has 1 aromatic carbocycles. The monoisotopic (exact) mass is 231 g/mol. The van der Waals surface area contributed by atoms with Gasteiger partial charge in [0, 0.05) is 12.6 Å². The van der Waals surface area contributed by atoms with Gasteiger partial charge in [0.15, 0.2) is 0 Å². The topological polar surface area (TPSA) is 21.3 Å². The summed E-state index contributed by atoms with van der Waals surface area (Å²) in [7, 11) is 0. The van der Waals surface area contributed by atoms with Gasteiger partial charge >= 0.3 is 0 Å². The van der Waals surface area contributed by atoms with Crippen LogP contribution >= 0.6 is 0 Å². The van der Waals surface area contributed by atoms with Crippen molar-refractivity contribution in [3.05, 3.63) is 29.3 Å². The molecule has 0 heterocycles. The number of hydrogen-bond acceptors (Lipinski definition) is 2. The lowest BCUT2D eigenvalue weighted by molar-refractivity contribution is 0.313. The first-order valence-corrected chi connectivity index (χ1v) is 6.90. The molecule has 1 fully saturated rings. The van der Waals surface area contributed by atoms with E-state index in [4.69, 9.17) is 4.74 Å². The first-order chi connectivity index (χ1) is 8.42. The van der Waals surface area contributed by atoms with E-state index in [1.54, 1.807) is 0 Å². The maximum atomic E-state index is 5.79. The Labute approximate surface area is 103 Å². The van der Waals surface area contributed by atoms with Crippen molar-refractivity contribution in [1.29, 1.82) is 0 Å². The molecule has 1 saturated carbocycles. The number of fused-ring (bicyclic) bond motifs is 1. The van der Waals surface area contributed by atoms with Gasteiger partial charge in [0.25, 0.3) is 0 Å². The first-order valence-electron chi connectivity index (χ1n) is 6.90. The fraction of sp³-hybridized carbons (Fsp3) is 0.600. The van der Waals surface area contributed by atoms with Gasteiger partial charge in [-0.1, -0.05) is 6.07 Å². The van der Waals surface area contributed by atoms with Crippen LogP contribution in [0, 0.1) is 0 Å². The van der Waals surface area contributed by atoms with Crippen molar-refractivity contribution >= 4 is 0 Å². The third kappa shape index (κ3) is 3.01. The Bertz CT molecular complexity index is 385. The fourth-order valence-corrected chi connectivity index (χ4v) is 2.52. The van der Waals surface area contributed by atoms with Gasteiger partial charge in [-0.25, -0.2) is 0 Å².